The molecule has 0 radical (unpaired) electrons. The zero-order valence-corrected chi connectivity index (χ0v) is 20.4. The topological polar surface area (TPSA) is 79.8 Å². The molecule has 2 aromatic heterocycles. The van der Waals surface area contributed by atoms with Crippen LogP contribution in [0.3, 0.4) is 0 Å². The van der Waals surface area contributed by atoms with Crippen molar-refractivity contribution in [2.24, 2.45) is 0 Å². The number of amides is 1. The average molecular weight is 530 g/mol. The second-order valence-corrected chi connectivity index (χ2v) is 9.56. The molecule has 34 heavy (non-hydrogen) atoms. The SMILES string of the molecule is O=C(CSc1nc2c([nH]c3ccccc32)c(=O)n1-c1ccc(Cl)cc1)Nc1ccc(Cl)c(Cl)c1. The van der Waals surface area contributed by atoms with Gasteiger partial charge in [0.05, 0.1) is 21.5 Å². The van der Waals surface area contributed by atoms with Gasteiger partial charge in [0.15, 0.2) is 5.16 Å². The Hall–Kier alpha value is -2.97. The first-order valence-corrected chi connectivity index (χ1v) is 12.2. The Morgan fingerprint density at radius 3 is 2.53 bits per heavy atom. The van der Waals surface area contributed by atoms with Gasteiger partial charge >= 0.3 is 0 Å². The maximum Gasteiger partial charge on any atom is 0.283 e. The van der Waals surface area contributed by atoms with Crippen LogP contribution in [-0.2, 0) is 4.79 Å². The summed E-state index contributed by atoms with van der Waals surface area (Å²) in [6.07, 6.45) is 0. The van der Waals surface area contributed by atoms with Crippen LogP contribution in [0.5, 0.6) is 0 Å². The Morgan fingerprint density at radius 1 is 1.00 bits per heavy atom. The molecule has 3 aromatic carbocycles. The fourth-order valence-electron chi connectivity index (χ4n) is 3.56. The monoisotopic (exact) mass is 528 g/mol. The summed E-state index contributed by atoms with van der Waals surface area (Å²) in [6, 6.07) is 19.3. The van der Waals surface area contributed by atoms with Crippen molar-refractivity contribution in [3.63, 3.8) is 0 Å². The lowest BCUT2D eigenvalue weighted by Crippen LogP contribution is -2.23. The number of hydrogen-bond donors (Lipinski definition) is 2. The summed E-state index contributed by atoms with van der Waals surface area (Å²) in [4.78, 5) is 34.1. The van der Waals surface area contributed by atoms with Crippen molar-refractivity contribution in [3.8, 4) is 5.69 Å². The molecule has 0 atom stereocenters. The third-order valence-electron chi connectivity index (χ3n) is 5.11. The molecule has 0 fully saturated rings. The summed E-state index contributed by atoms with van der Waals surface area (Å²) >= 11 is 19.2. The minimum atomic E-state index is -0.278. The van der Waals surface area contributed by atoms with Crippen molar-refractivity contribution in [3.05, 3.63) is 92.2 Å². The standard InChI is InChI=1S/C24H15Cl3N4O2S/c25-13-5-8-15(9-6-13)31-23(33)22-21(16-3-1-2-4-19(16)29-22)30-24(31)34-12-20(32)28-14-7-10-17(26)18(27)11-14/h1-11,29H,12H2,(H,28,32). The first-order chi connectivity index (χ1) is 16.4. The minimum absolute atomic E-state index is 0.0220. The summed E-state index contributed by atoms with van der Waals surface area (Å²) < 4.78 is 1.48. The quantitative estimate of drug-likeness (QED) is 0.200. The number of H-pyrrole nitrogens is 1. The first kappa shape index (κ1) is 22.8. The number of aromatic nitrogens is 3. The molecule has 0 bridgehead atoms. The van der Waals surface area contributed by atoms with Gasteiger partial charge < -0.3 is 10.3 Å². The third kappa shape index (κ3) is 4.40. The van der Waals surface area contributed by atoms with Crippen LogP contribution in [0, 0.1) is 0 Å². The Kier molecular flexibility index (Phi) is 6.27. The zero-order chi connectivity index (χ0) is 23.8. The van der Waals surface area contributed by atoms with Gasteiger partial charge in [-0.15, -0.1) is 0 Å². The number of rotatable bonds is 5. The highest BCUT2D eigenvalue weighted by atomic mass is 35.5. The molecule has 0 aliphatic carbocycles. The van der Waals surface area contributed by atoms with Gasteiger partial charge in [-0.25, -0.2) is 4.98 Å². The highest BCUT2D eigenvalue weighted by molar-refractivity contribution is 7.99. The van der Waals surface area contributed by atoms with Gasteiger partial charge in [-0.2, -0.15) is 0 Å². The molecule has 0 saturated heterocycles. The zero-order valence-electron chi connectivity index (χ0n) is 17.3. The van der Waals surface area contributed by atoms with Gasteiger partial charge in [-0.05, 0) is 48.5 Å². The van der Waals surface area contributed by atoms with Crippen LogP contribution in [0.2, 0.25) is 15.1 Å². The van der Waals surface area contributed by atoms with E-state index in [9.17, 15) is 9.59 Å². The number of nitrogens with one attached hydrogen (secondary N) is 2. The molecule has 0 spiro atoms. The predicted molar refractivity (Wildman–Crippen MR) is 140 cm³/mol. The van der Waals surface area contributed by atoms with Gasteiger partial charge in [0.2, 0.25) is 5.91 Å². The van der Waals surface area contributed by atoms with Crippen molar-refractivity contribution < 1.29 is 4.79 Å². The molecule has 170 valence electrons. The van der Waals surface area contributed by atoms with E-state index in [1.807, 2.05) is 24.3 Å². The normalized spacial score (nSPS) is 11.3. The van der Waals surface area contributed by atoms with Crippen LogP contribution in [-0.4, -0.2) is 26.2 Å². The molecule has 0 aliphatic rings. The van der Waals surface area contributed by atoms with Crippen molar-refractivity contribution in [1.82, 2.24) is 14.5 Å². The highest BCUT2D eigenvalue weighted by Gasteiger charge is 2.18. The fourth-order valence-corrected chi connectivity index (χ4v) is 4.79. The largest absolute Gasteiger partial charge is 0.349 e. The molecule has 0 unspecified atom stereocenters. The molecule has 0 saturated carbocycles. The second kappa shape index (κ2) is 9.35. The summed E-state index contributed by atoms with van der Waals surface area (Å²) in [5, 5.41) is 5.29. The maximum atomic E-state index is 13.5. The number of aromatic amines is 1. The van der Waals surface area contributed by atoms with E-state index in [1.165, 1.54) is 4.57 Å². The van der Waals surface area contributed by atoms with Gasteiger partial charge in [0.1, 0.15) is 11.0 Å². The third-order valence-corrected chi connectivity index (χ3v) is 7.04. The molecule has 2 heterocycles. The number of thioether (sulfide) groups is 1. The molecular weight excluding hydrogens is 515 g/mol. The molecule has 1 amide bonds. The number of para-hydroxylation sites is 1. The lowest BCUT2D eigenvalue weighted by Gasteiger charge is -2.12. The molecule has 5 aromatic rings. The van der Waals surface area contributed by atoms with Crippen molar-refractivity contribution in [1.29, 1.82) is 0 Å². The number of nitrogens with zero attached hydrogens (tertiary/aromatic N) is 2. The number of carbonyl (C=O) groups is 1. The smallest absolute Gasteiger partial charge is 0.283 e. The fraction of sp³-hybridized carbons (Fsp3) is 0.0417. The molecule has 6 nitrogen and oxygen atoms in total. The van der Waals surface area contributed by atoms with Crippen LogP contribution < -0.4 is 10.9 Å². The van der Waals surface area contributed by atoms with Gasteiger partial charge in [0.25, 0.3) is 5.56 Å². The number of halogens is 3. The molecule has 5 rings (SSSR count). The maximum absolute atomic E-state index is 13.5. The minimum Gasteiger partial charge on any atom is -0.349 e. The lowest BCUT2D eigenvalue weighted by atomic mass is 10.2. The summed E-state index contributed by atoms with van der Waals surface area (Å²) in [7, 11) is 0. The summed E-state index contributed by atoms with van der Waals surface area (Å²) in [5.74, 6) is -0.256. The Labute approximate surface area is 212 Å². The average Bonchev–Trinajstić information content (AvgIpc) is 3.20. The Morgan fingerprint density at radius 2 is 1.76 bits per heavy atom. The van der Waals surface area contributed by atoms with E-state index < -0.39 is 0 Å². The van der Waals surface area contributed by atoms with E-state index in [-0.39, 0.29) is 17.2 Å². The first-order valence-electron chi connectivity index (χ1n) is 10.1. The second-order valence-electron chi connectivity index (χ2n) is 7.37. The summed E-state index contributed by atoms with van der Waals surface area (Å²) in [5.41, 5.74) is 2.60. The Balaban J connectivity index is 1.54. The van der Waals surface area contributed by atoms with E-state index in [0.29, 0.717) is 42.6 Å². The highest BCUT2D eigenvalue weighted by Crippen LogP contribution is 2.28. The van der Waals surface area contributed by atoms with Crippen LogP contribution in [0.1, 0.15) is 0 Å². The number of carbonyl (C=O) groups excluding carboxylic acids is 1. The number of benzene rings is 3. The van der Waals surface area contributed by atoms with E-state index in [0.717, 1.165) is 22.7 Å². The van der Waals surface area contributed by atoms with Crippen LogP contribution >= 0.6 is 46.6 Å². The van der Waals surface area contributed by atoms with Gasteiger partial charge in [0, 0.05) is 21.6 Å². The summed E-state index contributed by atoms with van der Waals surface area (Å²) in [6.45, 7) is 0. The molecular formula is C24H15Cl3N4O2S. The molecule has 2 N–H and O–H groups in total. The van der Waals surface area contributed by atoms with E-state index >= 15 is 0 Å². The van der Waals surface area contributed by atoms with Crippen molar-refractivity contribution in [2.75, 3.05) is 11.1 Å². The Bertz CT molecular complexity index is 1610. The van der Waals surface area contributed by atoms with E-state index in [2.05, 4.69) is 10.3 Å². The van der Waals surface area contributed by atoms with Crippen LogP contribution in [0.25, 0.3) is 27.6 Å². The van der Waals surface area contributed by atoms with Gasteiger partial charge in [-0.1, -0.05) is 64.8 Å². The number of hydrogen-bond acceptors (Lipinski definition) is 4. The van der Waals surface area contributed by atoms with E-state index in [4.69, 9.17) is 39.8 Å². The number of fused-ring (bicyclic) bond motifs is 3. The van der Waals surface area contributed by atoms with Crippen molar-refractivity contribution in [2.45, 2.75) is 5.16 Å². The lowest BCUT2D eigenvalue weighted by molar-refractivity contribution is -0.113. The van der Waals surface area contributed by atoms with Gasteiger partial charge in [-0.3, -0.25) is 14.2 Å². The molecule has 0 aliphatic heterocycles. The van der Waals surface area contributed by atoms with Crippen LogP contribution in [0.4, 0.5) is 5.69 Å². The van der Waals surface area contributed by atoms with E-state index in [1.54, 1.807) is 42.5 Å². The molecule has 10 heteroatoms. The van der Waals surface area contributed by atoms with Crippen LogP contribution in [0.15, 0.2) is 76.7 Å². The van der Waals surface area contributed by atoms with Crippen molar-refractivity contribution >= 4 is 80.1 Å². The number of anilines is 1. The predicted octanol–water partition coefficient (Wildman–Crippen LogP) is 6.56.